The molecule has 2 aromatic carbocycles. The van der Waals surface area contributed by atoms with Crippen molar-refractivity contribution in [1.82, 2.24) is 0 Å². The van der Waals surface area contributed by atoms with Gasteiger partial charge in [-0.05, 0) is 57.4 Å². The normalized spacial score (nSPS) is 18.4. The average Bonchev–Trinajstić information content (AvgIpc) is 3.01. The summed E-state index contributed by atoms with van der Waals surface area (Å²) in [6, 6.07) is 9.38. The van der Waals surface area contributed by atoms with Gasteiger partial charge in [-0.3, -0.25) is 9.59 Å². The van der Waals surface area contributed by atoms with Gasteiger partial charge in [0.15, 0.2) is 11.5 Å². The molecule has 3 aromatic rings. The summed E-state index contributed by atoms with van der Waals surface area (Å²) in [5, 5.41) is 3.63. The number of hydrogen-bond acceptors (Lipinski definition) is 4. The number of ether oxygens (including phenoxy) is 1. The van der Waals surface area contributed by atoms with Crippen LogP contribution in [0.4, 0.5) is 5.69 Å². The summed E-state index contributed by atoms with van der Waals surface area (Å²) in [5.41, 5.74) is 3.91. The Morgan fingerprint density at radius 1 is 1.14 bits per heavy atom. The van der Waals surface area contributed by atoms with E-state index in [1.807, 2.05) is 52.8 Å². The van der Waals surface area contributed by atoms with Gasteiger partial charge >= 0.3 is 0 Å². The Balaban J connectivity index is 1.79. The maximum atomic E-state index is 13.0. The van der Waals surface area contributed by atoms with Gasteiger partial charge in [0.25, 0.3) is 5.91 Å². The molecule has 1 amide bonds. The van der Waals surface area contributed by atoms with Crippen LogP contribution in [0.25, 0.3) is 11.0 Å². The highest BCUT2D eigenvalue weighted by Crippen LogP contribution is 2.41. The number of carbonyl (C=O) groups is 2. The summed E-state index contributed by atoms with van der Waals surface area (Å²) in [4.78, 5) is 26.0. The molecule has 5 nitrogen and oxygen atoms in total. The topological polar surface area (TPSA) is 68.5 Å². The Kier molecular flexibility index (Phi) is 4.49. The number of furan rings is 1. The number of benzene rings is 2. The first-order chi connectivity index (χ1) is 13.7. The third-order valence-corrected chi connectivity index (χ3v) is 5.90. The number of ketones is 1. The molecule has 0 radical (unpaired) electrons. The summed E-state index contributed by atoms with van der Waals surface area (Å²) in [6.07, 6.45) is 1.05. The molecule has 29 heavy (non-hydrogen) atoms. The van der Waals surface area contributed by atoms with Crippen LogP contribution in [0.1, 0.15) is 64.3 Å². The van der Waals surface area contributed by atoms with Crippen LogP contribution < -0.4 is 10.1 Å². The zero-order valence-electron chi connectivity index (χ0n) is 17.4. The highest BCUT2D eigenvalue weighted by atomic mass is 16.5. The van der Waals surface area contributed by atoms with Crippen molar-refractivity contribution in [2.45, 2.75) is 53.1 Å². The third kappa shape index (κ3) is 3.11. The van der Waals surface area contributed by atoms with Crippen molar-refractivity contribution >= 4 is 28.3 Å². The second-order valence-corrected chi connectivity index (χ2v) is 8.09. The first-order valence-corrected chi connectivity index (χ1v) is 9.90. The molecule has 1 aromatic heterocycles. The molecule has 1 aliphatic rings. The van der Waals surface area contributed by atoms with Crippen molar-refractivity contribution in [2.24, 2.45) is 0 Å². The van der Waals surface area contributed by atoms with Gasteiger partial charge in [0.1, 0.15) is 16.9 Å². The fourth-order valence-corrected chi connectivity index (χ4v) is 4.01. The fourth-order valence-electron chi connectivity index (χ4n) is 4.01. The molecule has 4 rings (SSSR count). The number of fused-ring (bicyclic) bond motifs is 3. The number of carbonyl (C=O) groups excluding carboxylic acids is 2. The molecule has 0 aliphatic carbocycles. The quantitative estimate of drug-likeness (QED) is 0.618. The Morgan fingerprint density at radius 3 is 2.48 bits per heavy atom. The van der Waals surface area contributed by atoms with E-state index in [4.69, 9.17) is 9.15 Å². The SMILES string of the molecule is CC[C@@]1(C)CC(=O)c2c(ccc3oc(C(=O)Nc4c(C)cccc4C)c(C)c23)O1. The van der Waals surface area contributed by atoms with E-state index in [0.29, 0.717) is 34.3 Å². The predicted octanol–water partition coefficient (Wildman–Crippen LogP) is 5.74. The van der Waals surface area contributed by atoms with Gasteiger partial charge in [0.05, 0.1) is 12.0 Å². The molecule has 0 saturated carbocycles. The highest BCUT2D eigenvalue weighted by Gasteiger charge is 2.37. The van der Waals surface area contributed by atoms with Crippen LogP contribution in [-0.4, -0.2) is 17.3 Å². The number of para-hydroxylation sites is 1. The van der Waals surface area contributed by atoms with Crippen LogP contribution >= 0.6 is 0 Å². The molecular formula is C24H25NO4. The molecule has 0 unspecified atom stereocenters. The van der Waals surface area contributed by atoms with Gasteiger partial charge in [0, 0.05) is 16.6 Å². The van der Waals surface area contributed by atoms with E-state index >= 15 is 0 Å². The minimum Gasteiger partial charge on any atom is -0.486 e. The molecule has 0 bridgehead atoms. The van der Waals surface area contributed by atoms with E-state index in [9.17, 15) is 9.59 Å². The number of amides is 1. The van der Waals surface area contributed by atoms with E-state index in [0.717, 1.165) is 23.2 Å². The fraction of sp³-hybridized carbons (Fsp3) is 0.333. The summed E-state index contributed by atoms with van der Waals surface area (Å²) in [7, 11) is 0. The van der Waals surface area contributed by atoms with Crippen molar-refractivity contribution < 1.29 is 18.7 Å². The maximum absolute atomic E-state index is 13.0. The van der Waals surface area contributed by atoms with Crippen molar-refractivity contribution in [3.63, 3.8) is 0 Å². The molecule has 150 valence electrons. The molecule has 0 spiro atoms. The lowest BCUT2D eigenvalue weighted by Gasteiger charge is -2.34. The Bertz CT molecular complexity index is 1140. The standard InChI is InChI=1S/C24H25NO4/c1-6-24(5)12-16(26)20-18(29-24)11-10-17-19(20)15(4)22(28-17)23(27)25-21-13(2)8-7-9-14(21)3/h7-11H,6,12H2,1-5H3,(H,25,27)/t24-/m0/s1. The summed E-state index contributed by atoms with van der Waals surface area (Å²) in [5.74, 6) is 0.468. The zero-order chi connectivity index (χ0) is 20.9. The monoisotopic (exact) mass is 391 g/mol. The highest BCUT2D eigenvalue weighted by molar-refractivity contribution is 6.15. The van der Waals surface area contributed by atoms with E-state index in [-0.39, 0.29) is 17.5 Å². The third-order valence-electron chi connectivity index (χ3n) is 5.90. The number of anilines is 1. The molecule has 1 atom stereocenters. The van der Waals surface area contributed by atoms with Crippen LogP contribution in [0.15, 0.2) is 34.7 Å². The maximum Gasteiger partial charge on any atom is 0.291 e. The van der Waals surface area contributed by atoms with Crippen molar-refractivity contribution in [3.8, 4) is 5.75 Å². The number of rotatable bonds is 3. The summed E-state index contributed by atoms with van der Waals surface area (Å²) in [6.45, 7) is 9.67. The predicted molar refractivity (Wildman–Crippen MR) is 113 cm³/mol. The molecular weight excluding hydrogens is 366 g/mol. The van der Waals surface area contributed by atoms with Gasteiger partial charge in [-0.15, -0.1) is 0 Å². The largest absolute Gasteiger partial charge is 0.486 e. The molecule has 5 heteroatoms. The second-order valence-electron chi connectivity index (χ2n) is 8.09. The van der Waals surface area contributed by atoms with E-state index in [2.05, 4.69) is 5.32 Å². The lowest BCUT2D eigenvalue weighted by atomic mass is 9.87. The molecule has 0 fully saturated rings. The van der Waals surface area contributed by atoms with Gasteiger partial charge < -0.3 is 14.5 Å². The van der Waals surface area contributed by atoms with Gasteiger partial charge in [-0.25, -0.2) is 0 Å². The van der Waals surface area contributed by atoms with Crippen LogP contribution in [-0.2, 0) is 0 Å². The molecule has 1 N–H and O–H groups in total. The number of aryl methyl sites for hydroxylation is 3. The van der Waals surface area contributed by atoms with Gasteiger partial charge in [-0.1, -0.05) is 25.1 Å². The molecule has 0 saturated heterocycles. The Labute approximate surface area is 170 Å². The molecule has 1 aliphatic heterocycles. The number of hydrogen-bond donors (Lipinski definition) is 1. The lowest BCUT2D eigenvalue weighted by Crippen LogP contribution is -2.38. The van der Waals surface area contributed by atoms with Crippen LogP contribution in [0, 0.1) is 20.8 Å². The smallest absolute Gasteiger partial charge is 0.291 e. The average molecular weight is 391 g/mol. The zero-order valence-corrected chi connectivity index (χ0v) is 17.4. The Hall–Kier alpha value is -3.08. The van der Waals surface area contributed by atoms with Crippen molar-refractivity contribution in [1.29, 1.82) is 0 Å². The number of nitrogens with one attached hydrogen (secondary N) is 1. The van der Waals surface area contributed by atoms with Gasteiger partial charge in [-0.2, -0.15) is 0 Å². The minimum atomic E-state index is -0.502. The first kappa shape index (κ1) is 19.2. The summed E-state index contributed by atoms with van der Waals surface area (Å²) < 4.78 is 12.0. The first-order valence-electron chi connectivity index (χ1n) is 9.90. The van der Waals surface area contributed by atoms with E-state index in [1.165, 1.54) is 0 Å². The number of Topliss-reactive ketones (excluding diaryl/α,β-unsaturated/α-hetero) is 1. The van der Waals surface area contributed by atoms with E-state index < -0.39 is 5.60 Å². The van der Waals surface area contributed by atoms with E-state index in [1.54, 1.807) is 12.1 Å². The van der Waals surface area contributed by atoms with Gasteiger partial charge in [0.2, 0.25) is 0 Å². The minimum absolute atomic E-state index is 0.0202. The second kappa shape index (κ2) is 6.76. The van der Waals surface area contributed by atoms with Crippen molar-refractivity contribution in [2.75, 3.05) is 5.32 Å². The lowest BCUT2D eigenvalue weighted by molar-refractivity contribution is 0.0503. The van der Waals surface area contributed by atoms with Crippen molar-refractivity contribution in [3.05, 3.63) is 58.3 Å². The van der Waals surface area contributed by atoms with Crippen LogP contribution in [0.2, 0.25) is 0 Å². The van der Waals surface area contributed by atoms with Crippen LogP contribution in [0.3, 0.4) is 0 Å². The summed E-state index contributed by atoms with van der Waals surface area (Å²) >= 11 is 0. The van der Waals surface area contributed by atoms with Crippen LogP contribution in [0.5, 0.6) is 5.75 Å². The molecule has 2 heterocycles. The Morgan fingerprint density at radius 2 is 1.83 bits per heavy atom.